The fourth-order valence-corrected chi connectivity index (χ4v) is 2.26. The van der Waals surface area contributed by atoms with Gasteiger partial charge >= 0.3 is 0 Å². The van der Waals surface area contributed by atoms with Crippen molar-refractivity contribution in [1.82, 2.24) is 10.6 Å². The third-order valence-electron chi connectivity index (χ3n) is 3.79. The van der Waals surface area contributed by atoms with Gasteiger partial charge in [-0.1, -0.05) is 6.92 Å². The van der Waals surface area contributed by atoms with Crippen molar-refractivity contribution in [2.24, 2.45) is 4.99 Å². The average molecular weight is 337 g/mol. The number of methoxy groups -OCH3 is 3. The molecule has 0 bridgehead atoms. The average Bonchev–Trinajstić information content (AvgIpc) is 2.61. The highest BCUT2D eigenvalue weighted by atomic mass is 16.5. The molecule has 0 amide bonds. The van der Waals surface area contributed by atoms with Crippen molar-refractivity contribution in [2.45, 2.75) is 39.7 Å². The van der Waals surface area contributed by atoms with Gasteiger partial charge < -0.3 is 24.8 Å². The van der Waals surface area contributed by atoms with E-state index in [2.05, 4.69) is 36.4 Å². The molecule has 1 atom stereocenters. The minimum absolute atomic E-state index is 0.382. The Labute approximate surface area is 145 Å². The fourth-order valence-electron chi connectivity index (χ4n) is 2.26. The van der Waals surface area contributed by atoms with Gasteiger partial charge in [-0.15, -0.1) is 0 Å². The van der Waals surface area contributed by atoms with Crippen LogP contribution in [0, 0.1) is 0 Å². The summed E-state index contributed by atoms with van der Waals surface area (Å²) in [7, 11) is 4.92. The third kappa shape index (κ3) is 5.83. The van der Waals surface area contributed by atoms with Crippen LogP contribution in [0.2, 0.25) is 0 Å². The van der Waals surface area contributed by atoms with Crippen LogP contribution in [0.25, 0.3) is 0 Å². The van der Waals surface area contributed by atoms with E-state index in [0.29, 0.717) is 24.8 Å². The highest BCUT2D eigenvalue weighted by Crippen LogP contribution is 2.34. The first kappa shape index (κ1) is 19.9. The standard InChI is InChI=1S/C18H31N3O3/c1-7-13(3)21-18(19-8-2)20-10-9-15-16(23-5)11-14(22-4)12-17(15)24-6/h11-13H,7-10H2,1-6H3,(H2,19,20,21). The Morgan fingerprint density at radius 2 is 1.71 bits per heavy atom. The number of nitrogens with zero attached hydrogens (tertiary/aromatic N) is 1. The van der Waals surface area contributed by atoms with Crippen LogP contribution in [-0.4, -0.2) is 46.4 Å². The van der Waals surface area contributed by atoms with Gasteiger partial charge in [-0.3, -0.25) is 4.99 Å². The van der Waals surface area contributed by atoms with Crippen LogP contribution >= 0.6 is 0 Å². The highest BCUT2D eigenvalue weighted by molar-refractivity contribution is 5.80. The third-order valence-corrected chi connectivity index (χ3v) is 3.79. The number of rotatable bonds is 9. The second-order valence-corrected chi connectivity index (χ2v) is 5.47. The molecule has 1 aromatic carbocycles. The van der Waals surface area contributed by atoms with Crippen LogP contribution < -0.4 is 24.8 Å². The molecule has 1 unspecified atom stereocenters. The summed E-state index contributed by atoms with van der Waals surface area (Å²) < 4.78 is 16.2. The summed E-state index contributed by atoms with van der Waals surface area (Å²) >= 11 is 0. The molecule has 0 saturated carbocycles. The molecule has 1 aromatic rings. The number of hydrogen-bond acceptors (Lipinski definition) is 4. The Bertz CT molecular complexity index is 507. The van der Waals surface area contributed by atoms with Crippen LogP contribution in [0.4, 0.5) is 0 Å². The molecule has 0 aliphatic heterocycles. The number of benzene rings is 1. The molecular formula is C18H31N3O3. The number of ether oxygens (including phenoxy) is 3. The van der Waals surface area contributed by atoms with Gasteiger partial charge in [-0.2, -0.15) is 0 Å². The van der Waals surface area contributed by atoms with Gasteiger partial charge in [0.1, 0.15) is 17.2 Å². The minimum Gasteiger partial charge on any atom is -0.496 e. The second kappa shape index (κ2) is 10.6. The first-order chi connectivity index (χ1) is 11.6. The molecule has 2 N–H and O–H groups in total. The van der Waals surface area contributed by atoms with Gasteiger partial charge in [-0.05, 0) is 26.7 Å². The minimum atomic E-state index is 0.382. The van der Waals surface area contributed by atoms with Crippen molar-refractivity contribution in [1.29, 1.82) is 0 Å². The van der Waals surface area contributed by atoms with Crippen LogP contribution in [0.3, 0.4) is 0 Å². The lowest BCUT2D eigenvalue weighted by atomic mass is 10.1. The van der Waals surface area contributed by atoms with Crippen molar-refractivity contribution in [2.75, 3.05) is 34.4 Å². The lowest BCUT2D eigenvalue weighted by molar-refractivity contribution is 0.369. The van der Waals surface area contributed by atoms with Gasteiger partial charge in [0, 0.05) is 36.8 Å². The van der Waals surface area contributed by atoms with Crippen molar-refractivity contribution in [3.8, 4) is 17.2 Å². The number of aliphatic imine (C=N–C) groups is 1. The molecule has 24 heavy (non-hydrogen) atoms. The van der Waals surface area contributed by atoms with Crippen LogP contribution in [0.5, 0.6) is 17.2 Å². The quantitative estimate of drug-likeness (QED) is 0.536. The molecule has 1 rings (SSSR count). The summed E-state index contributed by atoms with van der Waals surface area (Å²) in [5.74, 6) is 3.04. The zero-order chi connectivity index (χ0) is 17.9. The van der Waals surface area contributed by atoms with Crippen molar-refractivity contribution in [3.05, 3.63) is 17.7 Å². The van der Waals surface area contributed by atoms with Crippen molar-refractivity contribution >= 4 is 5.96 Å². The molecule has 0 aliphatic rings. The van der Waals surface area contributed by atoms with E-state index >= 15 is 0 Å². The van der Waals surface area contributed by atoms with Crippen molar-refractivity contribution < 1.29 is 14.2 Å². The van der Waals surface area contributed by atoms with Gasteiger partial charge in [0.2, 0.25) is 0 Å². The molecule has 0 saturated heterocycles. The summed E-state index contributed by atoms with van der Waals surface area (Å²) in [6.07, 6.45) is 1.76. The van der Waals surface area contributed by atoms with E-state index in [9.17, 15) is 0 Å². The van der Waals surface area contributed by atoms with E-state index in [-0.39, 0.29) is 0 Å². The Morgan fingerprint density at radius 3 is 2.17 bits per heavy atom. The summed E-state index contributed by atoms with van der Waals surface area (Å²) in [4.78, 5) is 4.64. The Morgan fingerprint density at radius 1 is 1.08 bits per heavy atom. The monoisotopic (exact) mass is 337 g/mol. The summed E-state index contributed by atoms with van der Waals surface area (Å²) in [6.45, 7) is 7.81. The fraction of sp³-hybridized carbons (Fsp3) is 0.611. The largest absolute Gasteiger partial charge is 0.496 e. The first-order valence-corrected chi connectivity index (χ1v) is 8.43. The Hall–Kier alpha value is -2.11. The second-order valence-electron chi connectivity index (χ2n) is 5.47. The molecule has 0 heterocycles. The van der Waals surface area contributed by atoms with E-state index in [0.717, 1.165) is 36.0 Å². The SMILES string of the molecule is CCNC(=NCCc1c(OC)cc(OC)cc1OC)NC(C)CC. The number of nitrogens with one attached hydrogen (secondary N) is 2. The molecule has 0 fully saturated rings. The molecule has 0 spiro atoms. The van der Waals surface area contributed by atoms with Crippen molar-refractivity contribution in [3.63, 3.8) is 0 Å². The van der Waals surface area contributed by atoms with Gasteiger partial charge in [-0.25, -0.2) is 0 Å². The molecule has 0 aromatic heterocycles. The van der Waals surface area contributed by atoms with E-state index in [1.165, 1.54) is 0 Å². The molecule has 6 nitrogen and oxygen atoms in total. The Kier molecular flexibility index (Phi) is 8.83. The maximum atomic E-state index is 5.48. The predicted molar refractivity (Wildman–Crippen MR) is 98.7 cm³/mol. The molecule has 6 heteroatoms. The number of guanidine groups is 1. The van der Waals surface area contributed by atoms with Gasteiger partial charge in [0.15, 0.2) is 5.96 Å². The normalized spacial score (nSPS) is 12.5. The molecular weight excluding hydrogens is 306 g/mol. The predicted octanol–water partition coefficient (Wildman–Crippen LogP) is 2.61. The highest BCUT2D eigenvalue weighted by Gasteiger charge is 2.13. The maximum Gasteiger partial charge on any atom is 0.191 e. The van der Waals surface area contributed by atoms with Crippen LogP contribution in [0.1, 0.15) is 32.8 Å². The number of hydrogen-bond donors (Lipinski definition) is 2. The summed E-state index contributed by atoms with van der Waals surface area (Å²) in [5, 5.41) is 6.65. The first-order valence-electron chi connectivity index (χ1n) is 8.43. The Balaban J connectivity index is 2.89. The zero-order valence-corrected chi connectivity index (χ0v) is 15.7. The van der Waals surface area contributed by atoms with Crippen LogP contribution in [0.15, 0.2) is 17.1 Å². The lowest BCUT2D eigenvalue weighted by Gasteiger charge is -2.17. The topological polar surface area (TPSA) is 64.1 Å². The van der Waals surface area contributed by atoms with E-state index < -0.39 is 0 Å². The van der Waals surface area contributed by atoms with Gasteiger partial charge in [0.25, 0.3) is 0 Å². The van der Waals surface area contributed by atoms with Gasteiger partial charge in [0.05, 0.1) is 21.3 Å². The van der Waals surface area contributed by atoms with E-state index in [1.54, 1.807) is 21.3 Å². The molecule has 136 valence electrons. The summed E-state index contributed by atoms with van der Waals surface area (Å²) in [6, 6.07) is 4.11. The smallest absolute Gasteiger partial charge is 0.191 e. The summed E-state index contributed by atoms with van der Waals surface area (Å²) in [5.41, 5.74) is 0.990. The lowest BCUT2D eigenvalue weighted by Crippen LogP contribution is -2.42. The molecule has 0 radical (unpaired) electrons. The van der Waals surface area contributed by atoms with Crippen LogP contribution in [-0.2, 0) is 6.42 Å². The zero-order valence-electron chi connectivity index (χ0n) is 15.7. The van der Waals surface area contributed by atoms with E-state index in [4.69, 9.17) is 14.2 Å². The van der Waals surface area contributed by atoms with E-state index in [1.807, 2.05) is 12.1 Å². The maximum absolute atomic E-state index is 5.48. The molecule has 0 aliphatic carbocycles.